The van der Waals surface area contributed by atoms with Crippen molar-refractivity contribution < 1.29 is 4.52 Å². The molecular formula is C11H15N5O. The van der Waals surface area contributed by atoms with Crippen LogP contribution in [-0.4, -0.2) is 41.3 Å². The first-order chi connectivity index (χ1) is 8.36. The first-order valence-corrected chi connectivity index (χ1v) is 5.89. The topological polar surface area (TPSA) is 67.1 Å². The van der Waals surface area contributed by atoms with Crippen LogP contribution in [0.2, 0.25) is 0 Å². The maximum atomic E-state index is 5.17. The van der Waals surface area contributed by atoms with Crippen LogP contribution in [0.1, 0.15) is 12.1 Å². The zero-order valence-electron chi connectivity index (χ0n) is 9.81. The van der Waals surface area contributed by atoms with Gasteiger partial charge in [-0.2, -0.15) is 4.98 Å². The highest BCUT2D eigenvalue weighted by Gasteiger charge is 2.18. The maximum absolute atomic E-state index is 5.17. The molecule has 0 amide bonds. The third kappa shape index (κ3) is 1.84. The van der Waals surface area contributed by atoms with E-state index in [9.17, 15) is 0 Å². The predicted octanol–water partition coefficient (Wildman–Crippen LogP) is 0.726. The van der Waals surface area contributed by atoms with Crippen LogP contribution in [0.5, 0.6) is 0 Å². The minimum Gasteiger partial charge on any atom is -0.355 e. The number of hydrogen-bond donors (Lipinski definition) is 1. The van der Waals surface area contributed by atoms with Crippen LogP contribution in [0.3, 0.4) is 0 Å². The summed E-state index contributed by atoms with van der Waals surface area (Å²) in [5, 5.41) is 8.27. The van der Waals surface area contributed by atoms with Gasteiger partial charge in [0.1, 0.15) is 17.5 Å². The Balaban J connectivity index is 2.06. The van der Waals surface area contributed by atoms with Gasteiger partial charge in [-0.25, -0.2) is 4.98 Å². The lowest BCUT2D eigenvalue weighted by Crippen LogP contribution is -2.28. The average Bonchev–Trinajstić information content (AvgIpc) is 2.59. The van der Waals surface area contributed by atoms with E-state index in [1.807, 2.05) is 6.92 Å². The van der Waals surface area contributed by atoms with Crippen LogP contribution in [0.15, 0.2) is 10.9 Å². The van der Waals surface area contributed by atoms with Gasteiger partial charge in [-0.1, -0.05) is 5.16 Å². The van der Waals surface area contributed by atoms with Crippen LogP contribution < -0.4 is 10.2 Å². The van der Waals surface area contributed by atoms with Gasteiger partial charge in [0.05, 0.1) is 5.69 Å². The molecule has 0 unspecified atom stereocenters. The molecule has 0 bridgehead atoms. The molecule has 0 aromatic carbocycles. The van der Waals surface area contributed by atoms with E-state index >= 15 is 0 Å². The van der Waals surface area contributed by atoms with E-state index < -0.39 is 0 Å². The second-order valence-corrected chi connectivity index (χ2v) is 4.24. The van der Waals surface area contributed by atoms with Gasteiger partial charge >= 0.3 is 0 Å². The Hall–Kier alpha value is -1.69. The molecule has 6 nitrogen and oxygen atoms in total. The standard InChI is InChI=1S/C11H15N5O/c1-8-9-10(13-7-14-11(9)17-15-8)16-5-2-3-12-4-6-16/h7,12H,2-6H2,1H3. The summed E-state index contributed by atoms with van der Waals surface area (Å²) >= 11 is 0. The number of nitrogens with one attached hydrogen (secondary N) is 1. The molecule has 3 heterocycles. The van der Waals surface area contributed by atoms with E-state index in [0.29, 0.717) is 5.71 Å². The Labute approximate surface area is 99.0 Å². The maximum Gasteiger partial charge on any atom is 0.263 e. The van der Waals surface area contributed by atoms with Gasteiger partial charge in [-0.3, -0.25) is 0 Å². The van der Waals surface area contributed by atoms with E-state index in [1.165, 1.54) is 0 Å². The highest BCUT2D eigenvalue weighted by molar-refractivity contribution is 5.87. The molecule has 0 spiro atoms. The summed E-state index contributed by atoms with van der Waals surface area (Å²) in [5.74, 6) is 0.942. The van der Waals surface area contributed by atoms with Crippen molar-refractivity contribution in [2.24, 2.45) is 0 Å². The van der Waals surface area contributed by atoms with Crippen molar-refractivity contribution in [3.05, 3.63) is 12.0 Å². The number of aromatic nitrogens is 3. The zero-order chi connectivity index (χ0) is 11.7. The fourth-order valence-electron chi connectivity index (χ4n) is 2.20. The second-order valence-electron chi connectivity index (χ2n) is 4.24. The van der Waals surface area contributed by atoms with Gasteiger partial charge in [0.2, 0.25) is 0 Å². The lowest BCUT2D eigenvalue weighted by molar-refractivity contribution is 0.442. The molecule has 1 fully saturated rings. The van der Waals surface area contributed by atoms with Crippen LogP contribution in [0.25, 0.3) is 11.1 Å². The van der Waals surface area contributed by atoms with E-state index in [0.717, 1.165) is 49.5 Å². The minimum atomic E-state index is 0.574. The Kier molecular flexibility index (Phi) is 2.64. The third-order valence-corrected chi connectivity index (χ3v) is 3.06. The van der Waals surface area contributed by atoms with Crippen LogP contribution in [-0.2, 0) is 0 Å². The molecule has 90 valence electrons. The molecule has 3 rings (SSSR count). The van der Waals surface area contributed by atoms with Crippen LogP contribution in [0, 0.1) is 6.92 Å². The summed E-state index contributed by atoms with van der Waals surface area (Å²) in [6.07, 6.45) is 2.66. The number of nitrogens with zero attached hydrogens (tertiary/aromatic N) is 4. The van der Waals surface area contributed by atoms with Crippen molar-refractivity contribution in [1.82, 2.24) is 20.4 Å². The van der Waals surface area contributed by atoms with Gasteiger partial charge in [0, 0.05) is 19.6 Å². The number of fused-ring (bicyclic) bond motifs is 1. The quantitative estimate of drug-likeness (QED) is 0.783. The summed E-state index contributed by atoms with van der Waals surface area (Å²) in [5.41, 5.74) is 1.43. The highest BCUT2D eigenvalue weighted by atomic mass is 16.5. The van der Waals surface area contributed by atoms with Gasteiger partial charge in [0.25, 0.3) is 5.71 Å². The molecule has 1 aliphatic rings. The second kappa shape index (κ2) is 4.29. The molecule has 1 aliphatic heterocycles. The average molecular weight is 233 g/mol. The lowest BCUT2D eigenvalue weighted by Gasteiger charge is -2.21. The lowest BCUT2D eigenvalue weighted by atomic mass is 10.2. The van der Waals surface area contributed by atoms with Gasteiger partial charge in [-0.15, -0.1) is 0 Å². The van der Waals surface area contributed by atoms with Gasteiger partial charge in [0.15, 0.2) is 0 Å². The molecule has 17 heavy (non-hydrogen) atoms. The molecule has 0 atom stereocenters. The summed E-state index contributed by atoms with van der Waals surface area (Å²) in [7, 11) is 0. The number of hydrogen-bond acceptors (Lipinski definition) is 6. The van der Waals surface area contributed by atoms with Crippen molar-refractivity contribution in [2.75, 3.05) is 31.1 Å². The minimum absolute atomic E-state index is 0.574. The normalized spacial score (nSPS) is 17.4. The molecule has 2 aromatic rings. The van der Waals surface area contributed by atoms with Gasteiger partial charge < -0.3 is 14.7 Å². The van der Waals surface area contributed by atoms with Crippen LogP contribution >= 0.6 is 0 Å². The van der Waals surface area contributed by atoms with Crippen molar-refractivity contribution >= 4 is 16.9 Å². The Morgan fingerprint density at radius 3 is 3.18 bits per heavy atom. The molecule has 1 N–H and O–H groups in total. The first kappa shape index (κ1) is 10.5. The zero-order valence-corrected chi connectivity index (χ0v) is 9.81. The van der Waals surface area contributed by atoms with Crippen LogP contribution in [0.4, 0.5) is 5.82 Å². The van der Waals surface area contributed by atoms with Crippen molar-refractivity contribution in [3.63, 3.8) is 0 Å². The monoisotopic (exact) mass is 233 g/mol. The number of anilines is 1. The van der Waals surface area contributed by atoms with Crippen molar-refractivity contribution in [2.45, 2.75) is 13.3 Å². The summed E-state index contributed by atoms with van der Waals surface area (Å²) < 4.78 is 5.17. The smallest absolute Gasteiger partial charge is 0.263 e. The molecular weight excluding hydrogens is 218 g/mol. The summed E-state index contributed by atoms with van der Waals surface area (Å²) in [6, 6.07) is 0. The Morgan fingerprint density at radius 1 is 1.29 bits per heavy atom. The summed E-state index contributed by atoms with van der Waals surface area (Å²) in [4.78, 5) is 10.8. The molecule has 1 saturated heterocycles. The summed E-state index contributed by atoms with van der Waals surface area (Å²) in [6.45, 7) is 5.93. The Morgan fingerprint density at radius 2 is 2.24 bits per heavy atom. The molecule has 0 radical (unpaired) electrons. The van der Waals surface area contributed by atoms with E-state index in [1.54, 1.807) is 6.33 Å². The first-order valence-electron chi connectivity index (χ1n) is 5.89. The number of rotatable bonds is 1. The van der Waals surface area contributed by atoms with E-state index in [-0.39, 0.29) is 0 Å². The van der Waals surface area contributed by atoms with Crippen molar-refractivity contribution in [1.29, 1.82) is 0 Å². The van der Waals surface area contributed by atoms with Crippen molar-refractivity contribution in [3.8, 4) is 0 Å². The molecule has 6 heteroatoms. The molecule has 0 saturated carbocycles. The molecule has 0 aliphatic carbocycles. The fourth-order valence-corrected chi connectivity index (χ4v) is 2.20. The van der Waals surface area contributed by atoms with E-state index in [2.05, 4.69) is 25.3 Å². The highest BCUT2D eigenvalue weighted by Crippen LogP contribution is 2.25. The molecule has 2 aromatic heterocycles. The third-order valence-electron chi connectivity index (χ3n) is 3.06. The SMILES string of the molecule is Cc1noc2ncnc(N3CCCNCC3)c12. The van der Waals surface area contributed by atoms with Gasteiger partial charge in [-0.05, 0) is 19.9 Å². The predicted molar refractivity (Wildman–Crippen MR) is 64.0 cm³/mol. The number of aryl methyl sites for hydroxylation is 1. The fraction of sp³-hybridized carbons (Fsp3) is 0.545. The Bertz CT molecular complexity index is 516. The van der Waals surface area contributed by atoms with E-state index in [4.69, 9.17) is 4.52 Å². The largest absolute Gasteiger partial charge is 0.355 e.